The van der Waals surface area contributed by atoms with Crippen molar-refractivity contribution in [2.24, 2.45) is 0 Å². The molecule has 0 bridgehead atoms. The highest BCUT2D eigenvalue weighted by Gasteiger charge is 2.30. The summed E-state index contributed by atoms with van der Waals surface area (Å²) in [5, 5.41) is 0.667. The van der Waals surface area contributed by atoms with E-state index in [4.69, 9.17) is 11.6 Å². The molecule has 0 saturated carbocycles. The first-order chi connectivity index (χ1) is 11.1. The fourth-order valence-electron chi connectivity index (χ4n) is 2.85. The molecule has 0 N–H and O–H groups in total. The maximum Gasteiger partial charge on any atom is 0.236 e. The van der Waals surface area contributed by atoms with Crippen LogP contribution in [-0.2, 0) is 4.79 Å². The summed E-state index contributed by atoms with van der Waals surface area (Å²) >= 11 is 5.99. The summed E-state index contributed by atoms with van der Waals surface area (Å²) in [6.45, 7) is 3.32. The second-order valence-electron chi connectivity index (χ2n) is 5.87. The average molecular weight is 330 g/mol. The molecule has 1 aromatic heterocycles. The number of rotatable bonds is 3. The summed E-state index contributed by atoms with van der Waals surface area (Å²) in [5.41, 5.74) is 1.70. The molecule has 3 rings (SSSR count). The molecule has 1 atom stereocenters. The molecule has 0 aliphatic carbocycles. The van der Waals surface area contributed by atoms with Crippen LogP contribution in [-0.4, -0.2) is 53.9 Å². The zero-order chi connectivity index (χ0) is 16.2. The monoisotopic (exact) mass is 329 g/mol. The van der Waals surface area contributed by atoms with Crippen molar-refractivity contribution in [2.45, 2.75) is 5.92 Å². The minimum absolute atomic E-state index is 0.110. The van der Waals surface area contributed by atoms with E-state index in [1.165, 1.54) is 0 Å². The number of amides is 1. The van der Waals surface area contributed by atoms with Gasteiger partial charge < -0.3 is 9.80 Å². The van der Waals surface area contributed by atoms with Gasteiger partial charge in [-0.05, 0) is 36.9 Å². The zero-order valence-corrected chi connectivity index (χ0v) is 13.9. The molecule has 1 amide bonds. The van der Waals surface area contributed by atoms with Crippen LogP contribution in [0.15, 0.2) is 48.7 Å². The molecule has 1 saturated heterocycles. The predicted molar refractivity (Wildman–Crippen MR) is 91.6 cm³/mol. The Hall–Kier alpha value is -1.91. The number of carbonyl (C=O) groups excluding carboxylic acids is 1. The Morgan fingerprint density at radius 3 is 2.39 bits per heavy atom. The number of carbonyl (C=O) groups is 1. The van der Waals surface area contributed by atoms with E-state index in [9.17, 15) is 4.79 Å². The Labute approximate surface area is 141 Å². The van der Waals surface area contributed by atoms with Gasteiger partial charge in [-0.3, -0.25) is 9.78 Å². The number of pyridine rings is 1. The average Bonchev–Trinajstić information content (AvgIpc) is 2.58. The van der Waals surface area contributed by atoms with Crippen LogP contribution in [0.25, 0.3) is 0 Å². The minimum Gasteiger partial charge on any atom is -0.339 e. The van der Waals surface area contributed by atoms with Crippen molar-refractivity contribution >= 4 is 17.5 Å². The third-order valence-corrected chi connectivity index (χ3v) is 4.50. The van der Waals surface area contributed by atoms with Crippen molar-refractivity contribution in [1.29, 1.82) is 0 Å². The van der Waals surface area contributed by atoms with Crippen LogP contribution in [0.2, 0.25) is 5.02 Å². The zero-order valence-electron chi connectivity index (χ0n) is 13.2. The lowest BCUT2D eigenvalue weighted by molar-refractivity contribution is -0.133. The van der Waals surface area contributed by atoms with Crippen LogP contribution in [0, 0.1) is 0 Å². The summed E-state index contributed by atoms with van der Waals surface area (Å²) in [5.74, 6) is -0.268. The highest BCUT2D eigenvalue weighted by atomic mass is 35.5. The van der Waals surface area contributed by atoms with E-state index >= 15 is 0 Å². The normalized spacial score (nSPS) is 17.0. The smallest absolute Gasteiger partial charge is 0.236 e. The summed E-state index contributed by atoms with van der Waals surface area (Å²) in [4.78, 5) is 21.7. The lowest BCUT2D eigenvalue weighted by atomic mass is 9.93. The standard InChI is InChI=1S/C18H20ClN3O/c1-21-10-12-22(13-11-21)18(23)17(16-4-2-3-9-20-16)14-5-7-15(19)8-6-14/h2-9,17H,10-13H2,1H3. The molecule has 0 radical (unpaired) electrons. The van der Waals surface area contributed by atoms with Gasteiger partial charge in [-0.1, -0.05) is 29.8 Å². The third-order valence-electron chi connectivity index (χ3n) is 4.25. The summed E-state index contributed by atoms with van der Waals surface area (Å²) in [6.07, 6.45) is 1.73. The van der Waals surface area contributed by atoms with Crippen LogP contribution in [0.4, 0.5) is 0 Å². The third kappa shape index (κ3) is 3.71. The molecule has 1 aliphatic rings. The molecular formula is C18H20ClN3O. The van der Waals surface area contributed by atoms with Gasteiger partial charge in [0.2, 0.25) is 5.91 Å². The van der Waals surface area contributed by atoms with E-state index < -0.39 is 0 Å². The quantitative estimate of drug-likeness (QED) is 0.868. The minimum atomic E-state index is -0.378. The second-order valence-corrected chi connectivity index (χ2v) is 6.30. The van der Waals surface area contributed by atoms with Gasteiger partial charge in [-0.2, -0.15) is 0 Å². The van der Waals surface area contributed by atoms with Crippen molar-refractivity contribution in [3.8, 4) is 0 Å². The Balaban J connectivity index is 1.92. The summed E-state index contributed by atoms with van der Waals surface area (Å²) in [6, 6.07) is 13.2. The molecule has 2 aromatic rings. The molecule has 120 valence electrons. The van der Waals surface area contributed by atoms with Crippen molar-refractivity contribution in [2.75, 3.05) is 33.2 Å². The first-order valence-corrected chi connectivity index (χ1v) is 8.16. The first-order valence-electron chi connectivity index (χ1n) is 7.79. The van der Waals surface area contributed by atoms with Crippen molar-refractivity contribution in [1.82, 2.24) is 14.8 Å². The molecule has 1 fully saturated rings. The molecule has 2 heterocycles. The van der Waals surface area contributed by atoms with Gasteiger partial charge in [0, 0.05) is 37.4 Å². The van der Waals surface area contributed by atoms with Crippen LogP contribution < -0.4 is 0 Å². The molecule has 1 aromatic carbocycles. The largest absolute Gasteiger partial charge is 0.339 e. The fourth-order valence-corrected chi connectivity index (χ4v) is 2.98. The van der Waals surface area contributed by atoms with Crippen molar-refractivity contribution in [3.63, 3.8) is 0 Å². The van der Waals surface area contributed by atoms with Crippen LogP contribution in [0.1, 0.15) is 17.2 Å². The van der Waals surface area contributed by atoms with Crippen LogP contribution in [0.3, 0.4) is 0 Å². The number of aromatic nitrogens is 1. The van der Waals surface area contributed by atoms with E-state index in [0.29, 0.717) is 5.02 Å². The number of hydrogen-bond donors (Lipinski definition) is 0. The Bertz CT molecular complexity index is 652. The Kier molecular flexibility index (Phi) is 4.94. The van der Waals surface area contributed by atoms with Crippen molar-refractivity contribution < 1.29 is 4.79 Å². The Morgan fingerprint density at radius 2 is 1.78 bits per heavy atom. The van der Waals surface area contributed by atoms with E-state index in [1.807, 2.05) is 47.4 Å². The van der Waals surface area contributed by atoms with E-state index in [-0.39, 0.29) is 11.8 Å². The van der Waals surface area contributed by atoms with Crippen molar-refractivity contribution in [3.05, 3.63) is 64.9 Å². The molecule has 0 spiro atoms. The second kappa shape index (κ2) is 7.11. The molecule has 23 heavy (non-hydrogen) atoms. The SMILES string of the molecule is CN1CCN(C(=O)C(c2ccc(Cl)cc2)c2ccccn2)CC1. The van der Waals surface area contributed by atoms with E-state index in [1.54, 1.807) is 6.20 Å². The highest BCUT2D eigenvalue weighted by molar-refractivity contribution is 6.30. The molecule has 4 nitrogen and oxygen atoms in total. The number of benzene rings is 1. The maximum absolute atomic E-state index is 13.1. The summed E-state index contributed by atoms with van der Waals surface area (Å²) in [7, 11) is 2.08. The predicted octanol–water partition coefficient (Wildman–Crippen LogP) is 2.64. The Morgan fingerprint density at radius 1 is 1.09 bits per heavy atom. The van der Waals surface area contributed by atoms with Gasteiger partial charge in [-0.15, -0.1) is 0 Å². The number of piperazine rings is 1. The number of halogens is 1. The lowest BCUT2D eigenvalue weighted by Gasteiger charge is -2.34. The molecule has 5 heteroatoms. The fraction of sp³-hybridized carbons (Fsp3) is 0.333. The van der Waals surface area contributed by atoms with E-state index in [2.05, 4.69) is 16.9 Å². The summed E-state index contributed by atoms with van der Waals surface area (Å²) < 4.78 is 0. The van der Waals surface area contributed by atoms with Gasteiger partial charge in [0.25, 0.3) is 0 Å². The maximum atomic E-state index is 13.1. The van der Waals surface area contributed by atoms with Gasteiger partial charge in [0.05, 0.1) is 5.69 Å². The number of likely N-dealkylation sites (N-methyl/N-ethyl adjacent to an activating group) is 1. The number of hydrogen-bond acceptors (Lipinski definition) is 3. The molecule has 1 aliphatic heterocycles. The van der Waals surface area contributed by atoms with E-state index in [0.717, 1.165) is 37.4 Å². The van der Waals surface area contributed by atoms with Gasteiger partial charge in [0.1, 0.15) is 5.92 Å². The lowest BCUT2D eigenvalue weighted by Crippen LogP contribution is -2.48. The molecular weight excluding hydrogens is 310 g/mol. The van der Waals surface area contributed by atoms with Gasteiger partial charge >= 0.3 is 0 Å². The van der Waals surface area contributed by atoms with Gasteiger partial charge in [-0.25, -0.2) is 0 Å². The first kappa shape index (κ1) is 16.0. The topological polar surface area (TPSA) is 36.4 Å². The van der Waals surface area contributed by atoms with Crippen LogP contribution >= 0.6 is 11.6 Å². The number of nitrogens with zero attached hydrogens (tertiary/aromatic N) is 3. The molecule has 1 unspecified atom stereocenters. The van der Waals surface area contributed by atoms with Gasteiger partial charge in [0.15, 0.2) is 0 Å². The van der Waals surface area contributed by atoms with Crippen LogP contribution in [0.5, 0.6) is 0 Å². The highest BCUT2D eigenvalue weighted by Crippen LogP contribution is 2.27.